The molecule has 2 heterocycles. The number of carboxylic acid groups (broad SMARTS) is 1. The third kappa shape index (κ3) is 3.00. The number of anilines is 1. The molecule has 1 saturated heterocycles. The number of nitrogens with zero attached hydrogens (tertiary/aromatic N) is 4. The lowest BCUT2D eigenvalue weighted by molar-refractivity contribution is 0.0696. The lowest BCUT2D eigenvalue weighted by Gasteiger charge is -2.26. The maximum absolute atomic E-state index is 11.6. The fourth-order valence-corrected chi connectivity index (χ4v) is 3.05. The van der Waals surface area contributed by atoms with Crippen LogP contribution in [0.1, 0.15) is 41.9 Å². The van der Waals surface area contributed by atoms with E-state index >= 15 is 0 Å². The molecule has 2 rings (SSSR count). The highest BCUT2D eigenvalue weighted by molar-refractivity contribution is 5.95. The highest BCUT2D eigenvalue weighted by Crippen LogP contribution is 2.27. The maximum atomic E-state index is 11.6. The molecule has 0 spiro atoms. The summed E-state index contributed by atoms with van der Waals surface area (Å²) < 4.78 is 0. The maximum Gasteiger partial charge on any atom is 0.339 e. The van der Waals surface area contributed by atoms with Crippen LogP contribution in [0.15, 0.2) is 0 Å². The van der Waals surface area contributed by atoms with Gasteiger partial charge in [0.05, 0.1) is 5.69 Å². The van der Waals surface area contributed by atoms with Crippen molar-refractivity contribution in [3.8, 4) is 0 Å². The van der Waals surface area contributed by atoms with E-state index in [-0.39, 0.29) is 0 Å². The van der Waals surface area contributed by atoms with E-state index in [1.54, 1.807) is 13.8 Å². The zero-order valence-corrected chi connectivity index (χ0v) is 13.3. The van der Waals surface area contributed by atoms with Gasteiger partial charge in [-0.05, 0) is 38.9 Å². The van der Waals surface area contributed by atoms with Gasteiger partial charge < -0.3 is 10.0 Å². The molecular formula is C15H24N4O2. The number of aromatic carboxylic acids is 1. The van der Waals surface area contributed by atoms with Crippen LogP contribution in [0.2, 0.25) is 0 Å². The summed E-state index contributed by atoms with van der Waals surface area (Å²) in [5.41, 5.74) is 1.68. The molecule has 1 aromatic heterocycles. The molecule has 0 bridgehead atoms. The zero-order valence-electron chi connectivity index (χ0n) is 13.3. The molecule has 1 fully saturated rings. The molecule has 1 atom stereocenters. The third-order valence-electron chi connectivity index (χ3n) is 4.44. The van der Waals surface area contributed by atoms with Crippen LogP contribution in [0.25, 0.3) is 0 Å². The Morgan fingerprint density at radius 2 is 2.00 bits per heavy atom. The number of aromatic nitrogens is 2. The first-order chi connectivity index (χ1) is 9.99. The SMILES string of the molecule is CCN(CC)C1CCN(c2nnc(C)c(C)c2C(=O)O)C1. The average molecular weight is 292 g/mol. The molecule has 0 aliphatic carbocycles. The molecule has 21 heavy (non-hydrogen) atoms. The van der Waals surface area contributed by atoms with Crippen molar-refractivity contribution >= 4 is 11.8 Å². The van der Waals surface area contributed by atoms with E-state index in [4.69, 9.17) is 0 Å². The van der Waals surface area contributed by atoms with Gasteiger partial charge in [-0.25, -0.2) is 4.79 Å². The molecule has 116 valence electrons. The first-order valence-corrected chi connectivity index (χ1v) is 7.55. The molecular weight excluding hydrogens is 268 g/mol. The minimum absolute atomic E-state index is 0.294. The molecule has 0 radical (unpaired) electrons. The van der Waals surface area contributed by atoms with Crippen molar-refractivity contribution in [1.82, 2.24) is 15.1 Å². The van der Waals surface area contributed by atoms with Gasteiger partial charge in [-0.2, -0.15) is 5.10 Å². The van der Waals surface area contributed by atoms with Crippen molar-refractivity contribution < 1.29 is 9.90 Å². The van der Waals surface area contributed by atoms with Crippen LogP contribution in [0.3, 0.4) is 0 Å². The Morgan fingerprint density at radius 3 is 2.57 bits per heavy atom. The van der Waals surface area contributed by atoms with Crippen molar-refractivity contribution in [2.75, 3.05) is 31.1 Å². The number of likely N-dealkylation sites (N-methyl/N-ethyl adjacent to an activating group) is 1. The minimum Gasteiger partial charge on any atom is -0.478 e. The summed E-state index contributed by atoms with van der Waals surface area (Å²) in [5, 5.41) is 17.8. The Morgan fingerprint density at radius 1 is 1.33 bits per heavy atom. The predicted octanol–water partition coefficient (Wildman–Crippen LogP) is 1.71. The third-order valence-corrected chi connectivity index (χ3v) is 4.44. The molecule has 0 aromatic carbocycles. The summed E-state index contributed by atoms with van der Waals surface area (Å²) in [6.45, 7) is 11.6. The summed E-state index contributed by atoms with van der Waals surface area (Å²) >= 11 is 0. The number of aryl methyl sites for hydroxylation is 1. The first-order valence-electron chi connectivity index (χ1n) is 7.55. The van der Waals surface area contributed by atoms with Gasteiger partial charge in [0.15, 0.2) is 5.82 Å². The standard InChI is InChI=1S/C15H24N4O2/c1-5-18(6-2)12-7-8-19(9-12)14-13(15(20)21)10(3)11(4)16-17-14/h12H,5-9H2,1-4H3,(H,20,21). The van der Waals surface area contributed by atoms with E-state index in [1.165, 1.54) is 0 Å². The lowest BCUT2D eigenvalue weighted by atomic mass is 10.1. The van der Waals surface area contributed by atoms with Gasteiger partial charge in [-0.3, -0.25) is 4.90 Å². The van der Waals surface area contributed by atoms with Gasteiger partial charge in [0.1, 0.15) is 5.56 Å². The summed E-state index contributed by atoms with van der Waals surface area (Å²) in [5.74, 6) is -0.410. The van der Waals surface area contributed by atoms with Gasteiger partial charge in [0, 0.05) is 19.1 Å². The number of rotatable bonds is 5. The molecule has 0 amide bonds. The smallest absolute Gasteiger partial charge is 0.339 e. The Hall–Kier alpha value is -1.69. The van der Waals surface area contributed by atoms with Crippen LogP contribution in [-0.2, 0) is 0 Å². The Balaban J connectivity index is 2.28. The Bertz CT molecular complexity index is 529. The largest absolute Gasteiger partial charge is 0.478 e. The highest BCUT2D eigenvalue weighted by Gasteiger charge is 2.30. The second-order valence-corrected chi connectivity index (χ2v) is 5.52. The molecule has 1 aromatic rings. The monoisotopic (exact) mass is 292 g/mol. The fraction of sp³-hybridized carbons (Fsp3) is 0.667. The number of carboxylic acids is 1. The van der Waals surface area contributed by atoms with Crippen molar-refractivity contribution in [3.63, 3.8) is 0 Å². The van der Waals surface area contributed by atoms with Gasteiger partial charge in [0.25, 0.3) is 0 Å². The highest BCUT2D eigenvalue weighted by atomic mass is 16.4. The van der Waals surface area contributed by atoms with Crippen LogP contribution >= 0.6 is 0 Å². The summed E-state index contributed by atoms with van der Waals surface area (Å²) in [6.07, 6.45) is 1.04. The molecule has 0 saturated carbocycles. The Labute approximate surface area is 125 Å². The van der Waals surface area contributed by atoms with E-state index in [2.05, 4.69) is 33.8 Å². The first kappa shape index (κ1) is 15.7. The summed E-state index contributed by atoms with van der Waals surface area (Å²) in [4.78, 5) is 16.0. The van der Waals surface area contributed by atoms with Gasteiger partial charge >= 0.3 is 5.97 Å². The molecule has 1 unspecified atom stereocenters. The van der Waals surface area contributed by atoms with E-state index in [0.717, 1.165) is 32.6 Å². The molecule has 6 nitrogen and oxygen atoms in total. The number of hydrogen-bond donors (Lipinski definition) is 1. The van der Waals surface area contributed by atoms with E-state index in [1.807, 2.05) is 0 Å². The Kier molecular flexibility index (Phi) is 4.77. The fourth-order valence-electron chi connectivity index (χ4n) is 3.05. The zero-order chi connectivity index (χ0) is 15.6. The molecule has 6 heteroatoms. The van der Waals surface area contributed by atoms with Gasteiger partial charge in [0.2, 0.25) is 0 Å². The van der Waals surface area contributed by atoms with Crippen LogP contribution in [-0.4, -0.2) is 58.4 Å². The van der Waals surface area contributed by atoms with Crippen LogP contribution in [0.5, 0.6) is 0 Å². The summed E-state index contributed by atoms with van der Waals surface area (Å²) in [7, 11) is 0. The summed E-state index contributed by atoms with van der Waals surface area (Å²) in [6, 6.07) is 0.463. The van der Waals surface area contributed by atoms with E-state index in [0.29, 0.717) is 28.7 Å². The molecule has 1 N–H and O–H groups in total. The average Bonchev–Trinajstić information content (AvgIpc) is 2.92. The van der Waals surface area contributed by atoms with Gasteiger partial charge in [-0.1, -0.05) is 13.8 Å². The predicted molar refractivity (Wildman–Crippen MR) is 82.0 cm³/mol. The topological polar surface area (TPSA) is 69.6 Å². The van der Waals surface area contributed by atoms with Crippen molar-refractivity contribution in [3.05, 3.63) is 16.8 Å². The van der Waals surface area contributed by atoms with Crippen LogP contribution < -0.4 is 4.90 Å². The van der Waals surface area contributed by atoms with Crippen LogP contribution in [0, 0.1) is 13.8 Å². The molecule has 1 aliphatic heterocycles. The number of carbonyl (C=O) groups is 1. The number of hydrogen-bond acceptors (Lipinski definition) is 5. The van der Waals surface area contributed by atoms with Crippen molar-refractivity contribution in [1.29, 1.82) is 0 Å². The lowest BCUT2D eigenvalue weighted by Crippen LogP contribution is -2.37. The van der Waals surface area contributed by atoms with E-state index < -0.39 is 5.97 Å². The van der Waals surface area contributed by atoms with Gasteiger partial charge in [-0.15, -0.1) is 5.10 Å². The molecule has 1 aliphatic rings. The second kappa shape index (κ2) is 6.39. The van der Waals surface area contributed by atoms with Crippen molar-refractivity contribution in [2.24, 2.45) is 0 Å². The second-order valence-electron chi connectivity index (χ2n) is 5.52. The van der Waals surface area contributed by atoms with Crippen LogP contribution in [0.4, 0.5) is 5.82 Å². The van der Waals surface area contributed by atoms with Crippen molar-refractivity contribution in [2.45, 2.75) is 40.2 Å². The quantitative estimate of drug-likeness (QED) is 0.891. The minimum atomic E-state index is -0.924. The van der Waals surface area contributed by atoms with E-state index in [9.17, 15) is 9.90 Å². The normalized spacial score (nSPS) is 18.5.